The van der Waals surface area contributed by atoms with Crippen LogP contribution in [0.25, 0.3) is 0 Å². The Kier molecular flexibility index (Phi) is 6.07. The van der Waals surface area contributed by atoms with Gasteiger partial charge >= 0.3 is 5.97 Å². The lowest BCUT2D eigenvalue weighted by Crippen LogP contribution is -2.17. The maximum absolute atomic E-state index is 12.2. The summed E-state index contributed by atoms with van der Waals surface area (Å²) in [6, 6.07) is 8.16. The van der Waals surface area contributed by atoms with Gasteiger partial charge in [0.1, 0.15) is 8.07 Å². The van der Waals surface area contributed by atoms with E-state index in [9.17, 15) is 4.79 Å². The molecule has 1 aromatic carbocycles. The lowest BCUT2D eigenvalue weighted by Gasteiger charge is -2.19. The number of rotatable bonds is 4. The number of carbonyl (C=O) groups excluding carboxylic acids is 1. The minimum absolute atomic E-state index is 0.113. The summed E-state index contributed by atoms with van der Waals surface area (Å²) in [5.41, 5.74) is 5.46. The number of carbonyl (C=O) groups is 1. The van der Waals surface area contributed by atoms with Crippen molar-refractivity contribution in [2.24, 2.45) is 5.92 Å². The summed E-state index contributed by atoms with van der Waals surface area (Å²) in [6.45, 7) is 6.72. The number of ether oxygens (including phenoxy) is 1. The van der Waals surface area contributed by atoms with E-state index in [-0.39, 0.29) is 11.9 Å². The fourth-order valence-electron chi connectivity index (χ4n) is 3.15. The van der Waals surface area contributed by atoms with Gasteiger partial charge in [-0.25, -0.2) is 0 Å². The second-order valence-corrected chi connectivity index (χ2v) is 12.3. The molecule has 2 nitrogen and oxygen atoms in total. The van der Waals surface area contributed by atoms with E-state index in [1.54, 1.807) is 0 Å². The van der Waals surface area contributed by atoms with Gasteiger partial charge in [-0.2, -0.15) is 0 Å². The molecule has 1 aliphatic carbocycles. The number of hydrogen-bond donors (Lipinski definition) is 0. The van der Waals surface area contributed by atoms with Crippen molar-refractivity contribution >= 4 is 14.0 Å². The highest BCUT2D eigenvalue weighted by Gasteiger charge is 2.27. The van der Waals surface area contributed by atoms with Crippen molar-refractivity contribution < 1.29 is 9.53 Å². The van der Waals surface area contributed by atoms with Crippen LogP contribution in [0.15, 0.2) is 24.3 Å². The summed E-state index contributed by atoms with van der Waals surface area (Å²) in [7, 11) is 0.125. The third-order valence-electron chi connectivity index (χ3n) is 4.42. The number of hydrogen-bond acceptors (Lipinski definition) is 2. The van der Waals surface area contributed by atoms with Crippen LogP contribution in [-0.4, -0.2) is 21.2 Å². The van der Waals surface area contributed by atoms with E-state index in [1.165, 1.54) is 32.8 Å². The molecule has 0 bridgehead atoms. The first-order valence-corrected chi connectivity index (χ1v) is 12.1. The van der Waals surface area contributed by atoms with Gasteiger partial charge in [-0.3, -0.25) is 4.79 Å². The van der Waals surface area contributed by atoms with Crippen LogP contribution in [0.4, 0.5) is 0 Å². The van der Waals surface area contributed by atoms with Gasteiger partial charge in [0.05, 0.1) is 13.0 Å². The van der Waals surface area contributed by atoms with Crippen molar-refractivity contribution in [3.05, 3.63) is 35.4 Å². The zero-order valence-corrected chi connectivity index (χ0v) is 15.8. The molecule has 0 N–H and O–H groups in total. The van der Waals surface area contributed by atoms with E-state index in [4.69, 9.17) is 4.74 Å². The van der Waals surface area contributed by atoms with Crippen molar-refractivity contribution in [1.29, 1.82) is 0 Å². The second kappa shape index (κ2) is 7.83. The minimum Gasteiger partial charge on any atom is -0.469 e. The number of methoxy groups -OCH3 is 1. The number of esters is 1. The highest BCUT2D eigenvalue weighted by atomic mass is 28.3. The molecule has 1 saturated carbocycles. The van der Waals surface area contributed by atoms with Gasteiger partial charge in [-0.15, -0.1) is 5.54 Å². The summed E-state index contributed by atoms with van der Waals surface area (Å²) in [6.07, 6.45) is 5.99. The average Bonchev–Trinajstić information content (AvgIpc) is 3.03. The Hall–Kier alpha value is -1.53. The van der Waals surface area contributed by atoms with Crippen LogP contribution >= 0.6 is 0 Å². The Morgan fingerprint density at radius 1 is 1.22 bits per heavy atom. The van der Waals surface area contributed by atoms with Crippen molar-refractivity contribution in [1.82, 2.24) is 0 Å². The molecule has 1 aliphatic rings. The van der Waals surface area contributed by atoms with Crippen LogP contribution in [-0.2, 0) is 9.53 Å². The quantitative estimate of drug-likeness (QED) is 0.453. The van der Waals surface area contributed by atoms with Crippen LogP contribution in [0.1, 0.15) is 49.1 Å². The normalized spacial score (nSPS) is 16.5. The highest BCUT2D eigenvalue weighted by Crippen LogP contribution is 2.34. The maximum Gasteiger partial charge on any atom is 0.313 e. The Balaban J connectivity index is 2.14. The molecular weight excluding hydrogens is 300 g/mol. The Morgan fingerprint density at radius 2 is 1.83 bits per heavy atom. The molecule has 1 atom stereocenters. The first-order chi connectivity index (χ1) is 10.9. The molecule has 124 valence electrons. The van der Waals surface area contributed by atoms with Gasteiger partial charge < -0.3 is 4.74 Å². The molecule has 23 heavy (non-hydrogen) atoms. The monoisotopic (exact) mass is 328 g/mol. The summed E-state index contributed by atoms with van der Waals surface area (Å²) < 4.78 is 5.04. The van der Waals surface area contributed by atoms with Gasteiger partial charge in [0.2, 0.25) is 0 Å². The molecule has 1 unspecified atom stereocenters. The Morgan fingerprint density at radius 3 is 2.35 bits per heavy atom. The molecule has 0 heterocycles. The van der Waals surface area contributed by atoms with Crippen molar-refractivity contribution in [2.45, 2.75) is 57.7 Å². The van der Waals surface area contributed by atoms with Gasteiger partial charge in [-0.1, -0.05) is 63.4 Å². The molecule has 0 amide bonds. The Labute approximate surface area is 141 Å². The average molecular weight is 329 g/mol. The standard InChI is InChI=1S/C20H28O2Si/c1-22-20(21)19(15-17-7-5-6-8-17)18-11-9-16(10-12-18)13-14-23(2,3)4/h9-12,17,19H,5-8,15H2,1-4H3. The zero-order chi connectivity index (χ0) is 16.9. The molecule has 0 aliphatic heterocycles. The second-order valence-electron chi connectivity index (χ2n) is 7.58. The third-order valence-corrected chi connectivity index (χ3v) is 5.30. The van der Waals surface area contributed by atoms with Crippen LogP contribution < -0.4 is 0 Å². The lowest BCUT2D eigenvalue weighted by molar-refractivity contribution is -0.142. The summed E-state index contributed by atoms with van der Waals surface area (Å²) in [5.74, 6) is 3.67. The summed E-state index contributed by atoms with van der Waals surface area (Å²) in [5, 5.41) is 0. The van der Waals surface area contributed by atoms with Gasteiger partial charge in [0, 0.05) is 5.56 Å². The van der Waals surface area contributed by atoms with E-state index in [0.717, 1.165) is 17.5 Å². The third kappa shape index (κ3) is 5.55. The maximum atomic E-state index is 12.2. The fraction of sp³-hybridized carbons (Fsp3) is 0.550. The molecular formula is C20H28O2Si. The SMILES string of the molecule is COC(=O)C(CC1CCCC1)c1ccc(C#C[Si](C)(C)C)cc1. The van der Waals surface area contributed by atoms with E-state index in [0.29, 0.717) is 5.92 Å². The minimum atomic E-state index is -1.36. The van der Waals surface area contributed by atoms with Crippen molar-refractivity contribution in [2.75, 3.05) is 7.11 Å². The first-order valence-electron chi connectivity index (χ1n) is 8.60. The van der Waals surface area contributed by atoms with Gasteiger partial charge in [-0.05, 0) is 30.0 Å². The van der Waals surface area contributed by atoms with Crippen LogP contribution in [0.2, 0.25) is 19.6 Å². The zero-order valence-electron chi connectivity index (χ0n) is 14.8. The molecule has 3 heteroatoms. The summed E-state index contributed by atoms with van der Waals surface area (Å²) in [4.78, 5) is 12.2. The summed E-state index contributed by atoms with van der Waals surface area (Å²) >= 11 is 0. The smallest absolute Gasteiger partial charge is 0.313 e. The largest absolute Gasteiger partial charge is 0.469 e. The molecule has 0 radical (unpaired) electrons. The molecule has 0 spiro atoms. The molecule has 0 aromatic heterocycles. The molecule has 2 rings (SSSR count). The van der Waals surface area contributed by atoms with Gasteiger partial charge in [0.15, 0.2) is 0 Å². The van der Waals surface area contributed by atoms with Crippen LogP contribution in [0.5, 0.6) is 0 Å². The Bertz CT molecular complexity index is 581. The van der Waals surface area contributed by atoms with Crippen molar-refractivity contribution in [3.63, 3.8) is 0 Å². The predicted molar refractivity (Wildman–Crippen MR) is 98.0 cm³/mol. The van der Waals surface area contributed by atoms with E-state index in [1.807, 2.05) is 24.3 Å². The molecule has 1 fully saturated rings. The lowest BCUT2D eigenvalue weighted by atomic mass is 9.87. The fourth-order valence-corrected chi connectivity index (χ4v) is 3.67. The molecule has 1 aromatic rings. The van der Waals surface area contributed by atoms with E-state index in [2.05, 4.69) is 31.1 Å². The topological polar surface area (TPSA) is 26.3 Å². The van der Waals surface area contributed by atoms with Crippen molar-refractivity contribution in [3.8, 4) is 11.5 Å². The number of benzene rings is 1. The predicted octanol–water partition coefficient (Wildman–Crippen LogP) is 4.75. The van der Waals surface area contributed by atoms with E-state index < -0.39 is 8.07 Å². The van der Waals surface area contributed by atoms with Gasteiger partial charge in [0.25, 0.3) is 0 Å². The van der Waals surface area contributed by atoms with Crippen LogP contribution in [0, 0.1) is 17.4 Å². The molecule has 0 saturated heterocycles. The van der Waals surface area contributed by atoms with E-state index >= 15 is 0 Å². The first kappa shape index (κ1) is 17.8. The van der Waals surface area contributed by atoms with Crippen LogP contribution in [0.3, 0.4) is 0 Å². The highest BCUT2D eigenvalue weighted by molar-refractivity contribution is 6.83.